The van der Waals surface area contributed by atoms with Gasteiger partial charge in [0.1, 0.15) is 0 Å². The minimum absolute atomic E-state index is 0.0965. The van der Waals surface area contributed by atoms with Crippen molar-refractivity contribution in [2.45, 2.75) is 13.3 Å². The van der Waals surface area contributed by atoms with E-state index in [1.807, 2.05) is 12.2 Å². The second-order valence-corrected chi connectivity index (χ2v) is 5.44. The average Bonchev–Trinajstić information content (AvgIpc) is 2.50. The molecule has 1 aliphatic carbocycles. The molecule has 0 aromatic carbocycles. The number of carbonyl (C=O) groups is 3. The monoisotopic (exact) mass is 329 g/mol. The maximum absolute atomic E-state index is 12.0. The fraction of sp³-hybridized carbons (Fsp3) is 0.500. The Labute approximate surface area is 134 Å². The Hall–Kier alpha value is -2.02. The highest BCUT2D eigenvalue weighted by Crippen LogP contribution is 2.18. The third-order valence-electron chi connectivity index (χ3n) is 3.23. The summed E-state index contributed by atoms with van der Waals surface area (Å²) in [5.41, 5.74) is 5.19. The van der Waals surface area contributed by atoms with Gasteiger partial charge in [-0.1, -0.05) is 30.7 Å². The average molecular weight is 330 g/mol. The first kappa shape index (κ1) is 18.0. The number of allylic oxidation sites excluding steroid dienone is 3. The van der Waals surface area contributed by atoms with Gasteiger partial charge < -0.3 is 15.8 Å². The van der Waals surface area contributed by atoms with E-state index in [-0.39, 0.29) is 12.5 Å². The molecule has 0 spiro atoms. The number of nitrogens with one attached hydrogen (secondary N) is 1. The van der Waals surface area contributed by atoms with Gasteiger partial charge in [-0.3, -0.25) is 4.79 Å². The summed E-state index contributed by atoms with van der Waals surface area (Å²) in [7, 11) is 1.24. The zero-order valence-electron chi connectivity index (χ0n) is 12.5. The third kappa shape index (κ3) is 5.40. The molecule has 122 valence electrons. The number of ether oxygens (including phenoxy) is 1. The van der Waals surface area contributed by atoms with E-state index in [1.54, 1.807) is 13.0 Å². The molecule has 0 aromatic heterocycles. The lowest BCUT2D eigenvalue weighted by molar-refractivity contribution is -0.144. The maximum Gasteiger partial charge on any atom is 0.325 e. The summed E-state index contributed by atoms with van der Waals surface area (Å²) in [4.78, 5) is 35.6. The van der Waals surface area contributed by atoms with Crippen molar-refractivity contribution in [2.24, 2.45) is 17.6 Å². The minimum atomic E-state index is -0.921. The summed E-state index contributed by atoms with van der Waals surface area (Å²) in [6.45, 7) is 1.75. The molecule has 1 aliphatic rings. The van der Waals surface area contributed by atoms with E-state index in [0.29, 0.717) is 18.0 Å². The summed E-state index contributed by atoms with van der Waals surface area (Å²) in [6.07, 6.45) is 6.19. The molecule has 8 heteroatoms. The number of nitrogens with zero attached hydrogens (tertiary/aromatic N) is 1. The standard InChI is InChI=1S/C14H20ClN3O4/c1-9(12(19)22-2)8-18(13(16)20)14(21)17-7-10-3-5-11(15)6-4-10/h3,5-6,9-10H,4,7-8H2,1-2H3,(H2,16,20)(H,17,21)/t9-,10?/m0/s1. The van der Waals surface area contributed by atoms with Crippen LogP contribution in [0.15, 0.2) is 23.3 Å². The number of carbonyl (C=O) groups excluding carboxylic acids is 3. The molecule has 3 N–H and O–H groups in total. The van der Waals surface area contributed by atoms with Crippen molar-refractivity contribution in [3.8, 4) is 0 Å². The Morgan fingerprint density at radius 3 is 2.73 bits per heavy atom. The third-order valence-corrected chi connectivity index (χ3v) is 3.51. The van der Waals surface area contributed by atoms with E-state index in [4.69, 9.17) is 17.3 Å². The summed E-state index contributed by atoms with van der Waals surface area (Å²) in [5.74, 6) is -1.08. The number of hydrogen-bond acceptors (Lipinski definition) is 4. The lowest BCUT2D eigenvalue weighted by Crippen LogP contribution is -2.50. The number of nitrogens with two attached hydrogens (primary N) is 1. The molecule has 0 aliphatic heterocycles. The van der Waals surface area contributed by atoms with E-state index in [0.717, 1.165) is 4.90 Å². The van der Waals surface area contributed by atoms with Crippen LogP contribution in [0.3, 0.4) is 0 Å². The van der Waals surface area contributed by atoms with Crippen LogP contribution in [0, 0.1) is 11.8 Å². The topological polar surface area (TPSA) is 102 Å². The SMILES string of the molecule is COC(=O)[C@@H](C)CN(C(N)=O)C(=O)NCC1C=CC(Cl)=CC1. The summed E-state index contributed by atoms with van der Waals surface area (Å²) in [6, 6.07) is -1.56. The summed E-state index contributed by atoms with van der Waals surface area (Å²) >= 11 is 5.81. The predicted molar refractivity (Wildman–Crippen MR) is 82.1 cm³/mol. The molecule has 0 aromatic rings. The molecule has 1 rings (SSSR count). The van der Waals surface area contributed by atoms with E-state index >= 15 is 0 Å². The molecule has 0 radical (unpaired) electrons. The van der Waals surface area contributed by atoms with Crippen molar-refractivity contribution in [3.63, 3.8) is 0 Å². The minimum Gasteiger partial charge on any atom is -0.469 e. The zero-order chi connectivity index (χ0) is 16.7. The first-order chi connectivity index (χ1) is 10.3. The van der Waals surface area contributed by atoms with Gasteiger partial charge in [0.05, 0.1) is 13.0 Å². The molecular weight excluding hydrogens is 310 g/mol. The van der Waals surface area contributed by atoms with Gasteiger partial charge in [-0.05, 0) is 18.4 Å². The van der Waals surface area contributed by atoms with E-state index in [1.165, 1.54) is 7.11 Å². The Morgan fingerprint density at radius 2 is 2.23 bits per heavy atom. The smallest absolute Gasteiger partial charge is 0.325 e. The van der Waals surface area contributed by atoms with Gasteiger partial charge in [-0.15, -0.1) is 0 Å². The Morgan fingerprint density at radius 1 is 1.55 bits per heavy atom. The van der Waals surface area contributed by atoms with Crippen molar-refractivity contribution in [1.82, 2.24) is 10.2 Å². The van der Waals surface area contributed by atoms with Crippen LogP contribution in [0.1, 0.15) is 13.3 Å². The number of esters is 1. The van der Waals surface area contributed by atoms with Gasteiger partial charge in [0.25, 0.3) is 0 Å². The molecule has 0 saturated heterocycles. The van der Waals surface area contributed by atoms with Gasteiger partial charge >= 0.3 is 18.0 Å². The van der Waals surface area contributed by atoms with Gasteiger partial charge in [0, 0.05) is 18.1 Å². The van der Waals surface area contributed by atoms with Crippen LogP contribution >= 0.6 is 11.6 Å². The fourth-order valence-electron chi connectivity index (χ4n) is 1.93. The molecule has 1 unspecified atom stereocenters. The Bertz CT molecular complexity index is 504. The quantitative estimate of drug-likeness (QED) is 0.747. The van der Waals surface area contributed by atoms with Crippen LogP contribution in [0.4, 0.5) is 9.59 Å². The molecular formula is C14H20ClN3O4. The predicted octanol–water partition coefficient (Wildman–Crippen LogP) is 1.58. The Kier molecular flexibility index (Phi) is 6.91. The van der Waals surface area contributed by atoms with Crippen LogP contribution in [0.5, 0.6) is 0 Å². The van der Waals surface area contributed by atoms with E-state index in [2.05, 4.69) is 10.1 Å². The number of amides is 4. The number of methoxy groups -OCH3 is 1. The van der Waals surface area contributed by atoms with Crippen LogP contribution in [-0.2, 0) is 9.53 Å². The number of hydrogen-bond donors (Lipinski definition) is 2. The number of imide groups is 1. The van der Waals surface area contributed by atoms with Crippen LogP contribution in [-0.4, -0.2) is 43.1 Å². The van der Waals surface area contributed by atoms with Crippen molar-refractivity contribution in [3.05, 3.63) is 23.3 Å². The van der Waals surface area contributed by atoms with Crippen molar-refractivity contribution >= 4 is 29.6 Å². The second-order valence-electron chi connectivity index (χ2n) is 5.00. The van der Waals surface area contributed by atoms with Crippen molar-refractivity contribution < 1.29 is 19.1 Å². The molecule has 2 atom stereocenters. The van der Waals surface area contributed by atoms with Gasteiger partial charge in [-0.25, -0.2) is 14.5 Å². The second kappa shape index (κ2) is 8.43. The normalized spacial score (nSPS) is 18.1. The van der Waals surface area contributed by atoms with Crippen LogP contribution in [0.2, 0.25) is 0 Å². The zero-order valence-corrected chi connectivity index (χ0v) is 13.3. The number of rotatable bonds is 5. The van der Waals surface area contributed by atoms with Gasteiger partial charge in [-0.2, -0.15) is 0 Å². The largest absolute Gasteiger partial charge is 0.469 e. The molecule has 4 amide bonds. The first-order valence-electron chi connectivity index (χ1n) is 6.81. The fourth-order valence-corrected chi connectivity index (χ4v) is 2.09. The van der Waals surface area contributed by atoms with Crippen LogP contribution < -0.4 is 11.1 Å². The highest BCUT2D eigenvalue weighted by atomic mass is 35.5. The molecule has 0 bridgehead atoms. The summed E-state index contributed by atoms with van der Waals surface area (Å²) < 4.78 is 4.56. The lowest BCUT2D eigenvalue weighted by atomic mass is 10.0. The van der Waals surface area contributed by atoms with E-state index < -0.39 is 23.9 Å². The van der Waals surface area contributed by atoms with Crippen molar-refractivity contribution in [1.29, 1.82) is 0 Å². The van der Waals surface area contributed by atoms with Gasteiger partial charge in [0.15, 0.2) is 0 Å². The number of primary amides is 1. The number of halogens is 1. The molecule has 7 nitrogen and oxygen atoms in total. The molecule has 0 heterocycles. The number of urea groups is 2. The summed E-state index contributed by atoms with van der Waals surface area (Å²) in [5, 5.41) is 3.28. The lowest BCUT2D eigenvalue weighted by Gasteiger charge is -2.23. The van der Waals surface area contributed by atoms with Crippen LogP contribution in [0.25, 0.3) is 0 Å². The van der Waals surface area contributed by atoms with Crippen molar-refractivity contribution in [2.75, 3.05) is 20.2 Å². The highest BCUT2D eigenvalue weighted by molar-refractivity contribution is 6.31. The van der Waals surface area contributed by atoms with E-state index in [9.17, 15) is 14.4 Å². The maximum atomic E-state index is 12.0. The molecule has 0 saturated carbocycles. The van der Waals surface area contributed by atoms with Gasteiger partial charge in [0.2, 0.25) is 0 Å². The molecule has 0 fully saturated rings. The highest BCUT2D eigenvalue weighted by Gasteiger charge is 2.25. The molecule has 22 heavy (non-hydrogen) atoms. The first-order valence-corrected chi connectivity index (χ1v) is 7.19. The Balaban J connectivity index is 2.53.